The van der Waals surface area contributed by atoms with Gasteiger partial charge in [0, 0.05) is 18.0 Å². The van der Waals surface area contributed by atoms with Gasteiger partial charge in [-0.25, -0.2) is 63.5 Å². The van der Waals surface area contributed by atoms with Crippen molar-refractivity contribution in [2.75, 3.05) is 49.9 Å². The standard InChI is InChI=1S/C31H24N8O7S2.C30H24N6O8S2.C17H15N5O7S2/c40-24(38-15-16-39(31(42)46-38)48(43,44)30-35-22-13-7-8-14-23(22)47-30)17-37-19-34-25-27(32-18-33-28(25)37)36-29(41)45-26(20-9-3-1-4-10-20)21-11-5-2-6-12-21;37-25(35-17-18-36(30(40)44-35)46(41,42)29-31-22-13-7-8-14-23(22)45-29)19-34-16-15-24(32-27(34)38)33-28(39)43-26(20-9-3-1-4-10-20)21-11-5-2-6-12-21;1-10-8-20(15(25)19-14(10)24)9-13(23)21-6-7-22(17(26)29-21)31(27,28)16-18-11-4-2-3-5-12(11)30-16/h1-14,18-19,26H,15-17H2,(H,32,33,36,41);1-16,26H,17-19H2,(H,32,33,38,39);2-5,8H,6-7,9H2,1H3,(H,19,24,25). The fourth-order valence-electron chi connectivity index (χ4n) is 12.5. The topological polar surface area (TPSA) is 501 Å². The molecule has 7 aromatic heterocycles. The zero-order valence-corrected chi connectivity index (χ0v) is 69.4. The highest BCUT2D eigenvalue weighted by atomic mass is 32.3. The van der Waals surface area contributed by atoms with Crippen molar-refractivity contribution in [3.63, 3.8) is 0 Å². The van der Waals surface area contributed by atoms with Gasteiger partial charge < -0.3 is 28.6 Å². The number of rotatable bonds is 20. The predicted molar refractivity (Wildman–Crippen MR) is 445 cm³/mol. The number of H-pyrrole nitrogens is 1. The van der Waals surface area contributed by atoms with Crippen LogP contribution in [0.15, 0.2) is 253 Å². The molecule has 7 aromatic carbocycles. The highest BCUT2D eigenvalue weighted by Crippen LogP contribution is 2.35. The van der Waals surface area contributed by atoms with Crippen molar-refractivity contribution in [2.24, 2.45) is 0 Å². The van der Waals surface area contributed by atoms with E-state index < -0.39 is 120 Å². The Morgan fingerprint density at radius 3 is 1.19 bits per heavy atom. The number of para-hydroxylation sites is 3. The molecule has 3 aliphatic heterocycles. The van der Waals surface area contributed by atoms with Crippen LogP contribution in [0.5, 0.6) is 0 Å². The number of nitrogens with one attached hydrogen (secondary N) is 3. The second kappa shape index (κ2) is 36.3. The smallest absolute Gasteiger partial charge is 0.436 e. The van der Waals surface area contributed by atoms with E-state index in [0.29, 0.717) is 53.7 Å². The van der Waals surface area contributed by atoms with E-state index in [2.05, 4.69) is 50.5 Å². The molecule has 8 amide bonds. The average molecular weight is 1810 g/mol. The lowest BCUT2D eigenvalue weighted by Crippen LogP contribution is -2.53. The molecule has 3 N–H and O–H groups in total. The Balaban J connectivity index is 0.000000148. The highest BCUT2D eigenvalue weighted by molar-refractivity contribution is 7.92. The van der Waals surface area contributed by atoms with Crippen LogP contribution >= 0.6 is 34.0 Å². The van der Waals surface area contributed by atoms with Crippen LogP contribution in [-0.2, 0) is 88.1 Å². The molecule has 0 bridgehead atoms. The first-order valence-electron chi connectivity index (χ1n) is 37.0. The van der Waals surface area contributed by atoms with Gasteiger partial charge in [-0.15, -0.1) is 34.0 Å². The van der Waals surface area contributed by atoms with Gasteiger partial charge in [-0.3, -0.25) is 43.9 Å². The summed E-state index contributed by atoms with van der Waals surface area (Å²) in [4.78, 5) is 184. The number of hydrogen-bond donors (Lipinski definition) is 3. The number of thiazole rings is 3. The Bertz CT molecular complexity index is 6910. The molecule has 0 radical (unpaired) electrons. The molecule has 10 heterocycles. The van der Waals surface area contributed by atoms with Crippen molar-refractivity contribution in [3.05, 3.63) is 284 Å². The predicted octanol–water partition coefficient (Wildman–Crippen LogP) is 8.17. The summed E-state index contributed by atoms with van der Waals surface area (Å²) in [6.45, 7) is -1.79. The molecular formula is C78H63N19O22S6. The Kier molecular flexibility index (Phi) is 24.7. The number of imidazole rings is 1. The number of hydroxylamine groups is 6. The molecule has 3 aliphatic rings. The van der Waals surface area contributed by atoms with Gasteiger partial charge >= 0.3 is 41.8 Å². The highest BCUT2D eigenvalue weighted by Gasteiger charge is 2.43. The first kappa shape index (κ1) is 84.9. The molecule has 41 nitrogen and oxygen atoms in total. The number of benzene rings is 7. The second-order valence-electron chi connectivity index (χ2n) is 26.8. The number of aromatic nitrogens is 11. The molecule has 47 heteroatoms. The summed E-state index contributed by atoms with van der Waals surface area (Å²) in [5.41, 5.74) is 2.80. The first-order chi connectivity index (χ1) is 60.1. The maximum atomic E-state index is 13.2. The van der Waals surface area contributed by atoms with E-state index in [4.69, 9.17) is 24.0 Å². The van der Waals surface area contributed by atoms with Crippen LogP contribution in [0, 0.1) is 6.92 Å². The van der Waals surface area contributed by atoms with Gasteiger partial charge in [-0.05, 0) is 71.6 Å². The number of carbonyl (C=O) groups excluding carboxylic acids is 8. The number of carbonyl (C=O) groups is 8. The van der Waals surface area contributed by atoms with Gasteiger partial charge in [0.2, 0.25) is 13.0 Å². The molecule has 0 unspecified atom stereocenters. The van der Waals surface area contributed by atoms with Crippen LogP contribution in [0.1, 0.15) is 40.0 Å². The van der Waals surface area contributed by atoms with Gasteiger partial charge in [0.25, 0.3) is 53.4 Å². The summed E-state index contributed by atoms with van der Waals surface area (Å²) in [5, 5.41) is 7.18. The lowest BCUT2D eigenvalue weighted by atomic mass is 10.0. The average Bonchev–Trinajstić information content (AvgIpc) is 1.69. The molecular weight excluding hydrogens is 1750 g/mol. The normalized spacial score (nSPS) is 13.8. The van der Waals surface area contributed by atoms with Crippen molar-refractivity contribution in [1.82, 2.24) is 81.7 Å². The number of amides is 8. The quantitative estimate of drug-likeness (QED) is 0.0647. The first-order valence-corrected chi connectivity index (χ1v) is 43.8. The minimum Gasteiger partial charge on any atom is -0.436 e. The zero-order chi connectivity index (χ0) is 87.8. The Labute approximate surface area is 716 Å². The minimum atomic E-state index is -4.32. The molecule has 3 saturated heterocycles. The van der Waals surface area contributed by atoms with Crippen LogP contribution in [0.2, 0.25) is 0 Å². The maximum absolute atomic E-state index is 13.2. The lowest BCUT2D eigenvalue weighted by molar-refractivity contribution is -0.174. The fourth-order valence-corrected chi connectivity index (χ4v) is 20.3. The number of aromatic amines is 1. The Morgan fingerprint density at radius 1 is 0.440 bits per heavy atom. The summed E-state index contributed by atoms with van der Waals surface area (Å²) in [6, 6.07) is 58.6. The SMILES string of the molecule is Cc1cn(CC(=O)N2CCN(S(=O)(=O)c3nc4ccccc4s3)C(=O)O2)c(=O)[nH]c1=O.O=C(Nc1ccn(CC(=O)N2CCN(S(=O)(=O)c3nc4ccccc4s3)C(=O)O2)c(=O)n1)OC(c1ccccc1)c1ccccc1.O=C(Nc1ncnc2c1ncn2CC(=O)N1CCN(S(=O)(=O)c2nc3ccccc3s2)C(=O)O1)OC(c1ccccc1)c1ccccc1. The lowest BCUT2D eigenvalue weighted by Gasteiger charge is -2.31. The van der Waals surface area contributed by atoms with Gasteiger partial charge in [0.05, 0.1) is 76.2 Å². The second-order valence-corrected chi connectivity index (χ2v) is 36.0. The van der Waals surface area contributed by atoms with Crippen molar-refractivity contribution in [1.29, 1.82) is 0 Å². The molecule has 0 atom stereocenters. The number of anilines is 2. The number of sulfonamides is 3. The third-order valence-corrected chi connectivity index (χ3v) is 28.0. The van der Waals surface area contributed by atoms with Crippen LogP contribution in [0.25, 0.3) is 41.8 Å². The number of ether oxygens (including phenoxy) is 2. The molecule has 638 valence electrons. The molecule has 3 fully saturated rings. The maximum Gasteiger partial charge on any atom is 0.448 e. The molecule has 125 heavy (non-hydrogen) atoms. The number of nitrogens with zero attached hydrogens (tertiary/aromatic N) is 16. The third-order valence-electron chi connectivity index (χ3n) is 18.6. The van der Waals surface area contributed by atoms with Crippen molar-refractivity contribution in [2.45, 2.75) is 51.8 Å². The zero-order valence-electron chi connectivity index (χ0n) is 64.5. The van der Waals surface area contributed by atoms with Gasteiger partial charge in [-0.1, -0.05) is 158 Å². The van der Waals surface area contributed by atoms with Crippen molar-refractivity contribution in [3.8, 4) is 0 Å². The van der Waals surface area contributed by atoms with E-state index in [1.165, 1.54) is 42.6 Å². The van der Waals surface area contributed by atoms with E-state index in [1.54, 1.807) is 72.8 Å². The van der Waals surface area contributed by atoms with Gasteiger partial charge in [0.15, 0.2) is 29.2 Å². The van der Waals surface area contributed by atoms with Crippen molar-refractivity contribution < 1.29 is 87.6 Å². The van der Waals surface area contributed by atoms with Crippen LogP contribution in [0.3, 0.4) is 0 Å². The number of fused-ring (bicyclic) bond motifs is 4. The largest absolute Gasteiger partial charge is 0.448 e. The van der Waals surface area contributed by atoms with E-state index in [1.807, 2.05) is 121 Å². The molecule has 0 spiro atoms. The summed E-state index contributed by atoms with van der Waals surface area (Å²) < 4.78 is 95.6. The number of aryl methyl sites for hydroxylation is 1. The van der Waals surface area contributed by atoms with Crippen LogP contribution in [-0.4, -0.2) is 194 Å². The van der Waals surface area contributed by atoms with E-state index in [-0.39, 0.29) is 87.2 Å². The van der Waals surface area contributed by atoms with Gasteiger partial charge in [-0.2, -0.15) is 58.3 Å². The van der Waals surface area contributed by atoms with E-state index >= 15 is 0 Å². The minimum absolute atomic E-state index is 0.0520. The summed E-state index contributed by atoms with van der Waals surface area (Å²) in [5.74, 6) is -2.29. The summed E-state index contributed by atoms with van der Waals surface area (Å²) in [7, 11) is -12.9. The van der Waals surface area contributed by atoms with E-state index in [9.17, 15) is 78.0 Å². The molecule has 14 aromatic rings. The molecule has 0 aliphatic carbocycles. The monoisotopic (exact) mass is 1810 g/mol. The van der Waals surface area contributed by atoms with Crippen LogP contribution < -0.4 is 27.6 Å². The Morgan fingerprint density at radius 2 is 0.808 bits per heavy atom. The van der Waals surface area contributed by atoms with Crippen molar-refractivity contribution >= 4 is 166 Å². The fraction of sp³-hybridized carbons (Fsp3) is 0.154. The summed E-state index contributed by atoms with van der Waals surface area (Å²) in [6.07, 6.45) is -1.90. The number of hydrogen-bond acceptors (Lipinski definition) is 32. The van der Waals surface area contributed by atoms with Crippen LogP contribution in [0.4, 0.5) is 35.6 Å². The van der Waals surface area contributed by atoms with Gasteiger partial charge in [0.1, 0.15) is 31.8 Å². The van der Waals surface area contributed by atoms with E-state index in [0.717, 1.165) is 70.5 Å². The molecule has 0 saturated carbocycles. The molecule has 17 rings (SSSR count). The Hall–Kier alpha value is -15.1. The summed E-state index contributed by atoms with van der Waals surface area (Å²) >= 11 is 2.75. The third kappa shape index (κ3) is 18.9.